The van der Waals surface area contributed by atoms with Crippen molar-refractivity contribution in [3.63, 3.8) is 0 Å². The Balaban J connectivity index is 0.00000338. The molecule has 2 amide bonds. The smallest absolute Gasteiger partial charge is 0.242 e. The summed E-state index contributed by atoms with van der Waals surface area (Å²) in [4.78, 5) is 26.7. The van der Waals surface area contributed by atoms with Gasteiger partial charge in [0.25, 0.3) is 0 Å². The van der Waals surface area contributed by atoms with Crippen molar-refractivity contribution in [1.82, 2.24) is 10.2 Å². The van der Waals surface area contributed by atoms with Crippen LogP contribution >= 0.6 is 12.4 Å². The molecule has 0 aromatic heterocycles. The molecule has 0 aliphatic heterocycles. The van der Waals surface area contributed by atoms with Gasteiger partial charge in [0.1, 0.15) is 0 Å². The molecule has 146 valence electrons. The van der Waals surface area contributed by atoms with Crippen LogP contribution in [0.1, 0.15) is 51.6 Å². The average molecular weight is 382 g/mol. The lowest BCUT2D eigenvalue weighted by Gasteiger charge is -2.36. The maximum absolute atomic E-state index is 12.8. The molecule has 0 saturated heterocycles. The normalized spacial score (nSPS) is 16.2. The summed E-state index contributed by atoms with van der Waals surface area (Å²) in [6, 6.07) is 9.44. The molecule has 0 heterocycles. The molecule has 1 saturated carbocycles. The second-order valence-electron chi connectivity index (χ2n) is 7.42. The minimum atomic E-state index is -0.584. The van der Waals surface area contributed by atoms with Crippen LogP contribution < -0.4 is 11.1 Å². The van der Waals surface area contributed by atoms with E-state index in [1.54, 1.807) is 0 Å². The fourth-order valence-electron chi connectivity index (χ4n) is 3.03. The van der Waals surface area contributed by atoms with E-state index in [1.807, 2.05) is 56.0 Å². The minimum Gasteiger partial charge on any atom is -0.346 e. The Morgan fingerprint density at radius 1 is 1.19 bits per heavy atom. The summed E-state index contributed by atoms with van der Waals surface area (Å²) in [5.74, 6) is 0.306. The zero-order valence-corrected chi connectivity index (χ0v) is 16.8. The van der Waals surface area contributed by atoms with Crippen LogP contribution in [-0.4, -0.2) is 35.8 Å². The number of rotatable bonds is 8. The monoisotopic (exact) mass is 381 g/mol. The number of amides is 2. The highest BCUT2D eigenvalue weighted by Gasteiger charge is 2.28. The molecule has 0 spiro atoms. The lowest BCUT2D eigenvalue weighted by molar-refractivity contribution is -0.136. The van der Waals surface area contributed by atoms with E-state index in [0.29, 0.717) is 5.92 Å². The number of halogens is 1. The highest BCUT2D eigenvalue weighted by atomic mass is 35.5. The summed E-state index contributed by atoms with van der Waals surface area (Å²) in [5, 5.41) is 2.70. The summed E-state index contributed by atoms with van der Waals surface area (Å²) < 4.78 is 0. The molecule has 2 atom stereocenters. The number of hydrogen-bond acceptors (Lipinski definition) is 3. The Labute approximate surface area is 163 Å². The summed E-state index contributed by atoms with van der Waals surface area (Å²) in [6.45, 7) is 6.59. The van der Waals surface area contributed by atoms with Gasteiger partial charge in [-0.05, 0) is 37.2 Å². The fourth-order valence-corrected chi connectivity index (χ4v) is 3.03. The first-order valence-electron chi connectivity index (χ1n) is 9.27. The third kappa shape index (κ3) is 5.99. The summed E-state index contributed by atoms with van der Waals surface area (Å²) in [6.07, 6.45) is 3.60. The summed E-state index contributed by atoms with van der Waals surface area (Å²) in [7, 11) is 0. The second-order valence-corrected chi connectivity index (χ2v) is 7.42. The number of nitrogens with one attached hydrogen (secondary N) is 1. The van der Waals surface area contributed by atoms with E-state index < -0.39 is 6.04 Å². The van der Waals surface area contributed by atoms with E-state index in [4.69, 9.17) is 5.73 Å². The van der Waals surface area contributed by atoms with Gasteiger partial charge in [0.2, 0.25) is 11.8 Å². The van der Waals surface area contributed by atoms with E-state index >= 15 is 0 Å². The molecule has 0 radical (unpaired) electrons. The van der Waals surface area contributed by atoms with Crippen molar-refractivity contribution in [3.05, 3.63) is 35.9 Å². The van der Waals surface area contributed by atoms with Gasteiger partial charge in [-0.2, -0.15) is 0 Å². The Morgan fingerprint density at radius 3 is 2.31 bits per heavy atom. The highest BCUT2D eigenvalue weighted by Crippen LogP contribution is 2.30. The molecule has 26 heavy (non-hydrogen) atoms. The van der Waals surface area contributed by atoms with Crippen molar-refractivity contribution < 1.29 is 9.59 Å². The van der Waals surface area contributed by atoms with Gasteiger partial charge in [0.05, 0.1) is 18.6 Å². The molecule has 2 rings (SSSR count). The zero-order chi connectivity index (χ0) is 18.4. The molecular weight excluding hydrogens is 350 g/mol. The number of nitrogens with two attached hydrogens (primary N) is 1. The van der Waals surface area contributed by atoms with E-state index in [1.165, 1.54) is 19.3 Å². The fraction of sp³-hybridized carbons (Fsp3) is 0.600. The van der Waals surface area contributed by atoms with E-state index in [2.05, 4.69) is 5.32 Å². The van der Waals surface area contributed by atoms with E-state index in [9.17, 15) is 9.59 Å². The van der Waals surface area contributed by atoms with Gasteiger partial charge in [-0.3, -0.25) is 9.59 Å². The third-order valence-electron chi connectivity index (χ3n) is 5.18. The molecule has 1 aromatic rings. The first kappa shape index (κ1) is 22.5. The van der Waals surface area contributed by atoms with Crippen molar-refractivity contribution in [2.75, 3.05) is 13.1 Å². The number of benzene rings is 1. The zero-order valence-electron chi connectivity index (χ0n) is 16.0. The van der Waals surface area contributed by atoms with Crippen LogP contribution in [0.5, 0.6) is 0 Å². The lowest BCUT2D eigenvalue weighted by atomic mass is 9.84. The van der Waals surface area contributed by atoms with Gasteiger partial charge in [0, 0.05) is 6.54 Å². The van der Waals surface area contributed by atoms with Crippen molar-refractivity contribution in [1.29, 1.82) is 0 Å². The lowest BCUT2D eigenvalue weighted by Crippen LogP contribution is -2.49. The van der Waals surface area contributed by atoms with Gasteiger partial charge in [-0.25, -0.2) is 0 Å². The molecule has 1 aliphatic carbocycles. The quantitative estimate of drug-likeness (QED) is 0.726. The average Bonchev–Trinajstić information content (AvgIpc) is 2.58. The van der Waals surface area contributed by atoms with Crippen LogP contribution in [0.3, 0.4) is 0 Å². The van der Waals surface area contributed by atoms with Gasteiger partial charge in [0.15, 0.2) is 0 Å². The van der Waals surface area contributed by atoms with Crippen molar-refractivity contribution in [2.24, 2.45) is 17.6 Å². The van der Waals surface area contributed by atoms with Gasteiger partial charge < -0.3 is 16.0 Å². The van der Waals surface area contributed by atoms with Crippen LogP contribution in [0.25, 0.3) is 0 Å². The van der Waals surface area contributed by atoms with Crippen LogP contribution in [0.2, 0.25) is 0 Å². The molecule has 6 heteroatoms. The number of carbonyl (C=O) groups excluding carboxylic acids is 2. The summed E-state index contributed by atoms with van der Waals surface area (Å²) in [5.41, 5.74) is 6.96. The largest absolute Gasteiger partial charge is 0.346 e. The molecule has 1 fully saturated rings. The van der Waals surface area contributed by atoms with Crippen LogP contribution in [0.4, 0.5) is 0 Å². The minimum absolute atomic E-state index is 0. The number of carbonyl (C=O) groups is 2. The third-order valence-corrected chi connectivity index (χ3v) is 5.18. The van der Waals surface area contributed by atoms with Crippen LogP contribution in [0, 0.1) is 11.8 Å². The Bertz CT molecular complexity index is 576. The van der Waals surface area contributed by atoms with Crippen molar-refractivity contribution in [2.45, 2.75) is 52.1 Å². The molecular formula is C20H32ClN3O2. The first-order chi connectivity index (χ1) is 11.9. The Kier molecular flexibility index (Phi) is 9.09. The van der Waals surface area contributed by atoms with Crippen LogP contribution in [-0.2, 0) is 9.59 Å². The van der Waals surface area contributed by atoms with Crippen molar-refractivity contribution in [3.8, 4) is 0 Å². The molecule has 1 unspecified atom stereocenters. The number of hydrogen-bond donors (Lipinski definition) is 2. The second kappa shape index (κ2) is 10.5. The maximum atomic E-state index is 12.8. The van der Waals surface area contributed by atoms with Crippen LogP contribution in [0.15, 0.2) is 30.3 Å². The Hall–Kier alpha value is -1.59. The van der Waals surface area contributed by atoms with E-state index in [0.717, 1.165) is 12.1 Å². The van der Waals surface area contributed by atoms with Gasteiger partial charge in [-0.15, -0.1) is 12.4 Å². The van der Waals surface area contributed by atoms with Crippen molar-refractivity contribution >= 4 is 24.2 Å². The van der Waals surface area contributed by atoms with Gasteiger partial charge >= 0.3 is 0 Å². The standard InChI is InChI=1S/C20H31N3O2.ClH/c1-14(2)19(21)20(25)22-12-18(24)23(13-16-8-7-9-16)15(3)17-10-5-4-6-11-17;/h4-6,10-11,14-16,19H,7-9,12-13,21H2,1-3H3,(H,22,25);1H/t15?,19-;/m0./s1. The highest BCUT2D eigenvalue weighted by molar-refractivity contribution is 5.87. The van der Waals surface area contributed by atoms with Gasteiger partial charge in [-0.1, -0.05) is 50.6 Å². The molecule has 1 aliphatic rings. The topological polar surface area (TPSA) is 75.4 Å². The number of nitrogens with zero attached hydrogens (tertiary/aromatic N) is 1. The molecule has 3 N–H and O–H groups in total. The van der Waals surface area contributed by atoms with E-state index in [-0.39, 0.29) is 42.7 Å². The SMILES string of the molecule is CC(C)[C@H](N)C(=O)NCC(=O)N(CC1CCC1)C(C)c1ccccc1.Cl. The Morgan fingerprint density at radius 2 is 1.81 bits per heavy atom. The molecule has 0 bridgehead atoms. The molecule has 5 nitrogen and oxygen atoms in total. The molecule has 1 aromatic carbocycles. The maximum Gasteiger partial charge on any atom is 0.242 e. The summed E-state index contributed by atoms with van der Waals surface area (Å²) >= 11 is 0. The predicted molar refractivity (Wildman–Crippen MR) is 107 cm³/mol. The first-order valence-corrected chi connectivity index (χ1v) is 9.27. The predicted octanol–water partition coefficient (Wildman–Crippen LogP) is 2.90.